The summed E-state index contributed by atoms with van der Waals surface area (Å²) >= 11 is 1.33. The molecule has 1 saturated heterocycles. The molecule has 3 amide bonds. The minimum Gasteiger partial charge on any atom is -0.397 e. The van der Waals surface area contributed by atoms with Crippen molar-refractivity contribution in [1.82, 2.24) is 20.2 Å². The van der Waals surface area contributed by atoms with Crippen molar-refractivity contribution in [2.24, 2.45) is 17.8 Å². The van der Waals surface area contributed by atoms with E-state index in [0.29, 0.717) is 52.1 Å². The lowest BCUT2D eigenvalue weighted by Gasteiger charge is -2.39. The highest BCUT2D eigenvalue weighted by Gasteiger charge is 2.53. The normalized spacial score (nSPS) is 21.6. The molecular weight excluding hydrogens is 976 g/mol. The molecule has 0 radical (unpaired) electrons. The van der Waals surface area contributed by atoms with E-state index in [0.717, 1.165) is 61.1 Å². The molecule has 5 heterocycles. The molecule has 6 aromatic rings. The zero-order chi connectivity index (χ0) is 51.8. The second-order valence-corrected chi connectivity index (χ2v) is 22.5. The number of nitrogens with zero attached hydrogens (tertiary/aromatic N) is 3. The van der Waals surface area contributed by atoms with E-state index in [4.69, 9.17) is 10.5 Å². The molecule has 15 nitrogen and oxygen atoms in total. The van der Waals surface area contributed by atoms with Gasteiger partial charge in [-0.25, -0.2) is 9.37 Å². The van der Waals surface area contributed by atoms with Crippen LogP contribution in [0.1, 0.15) is 83.7 Å². The van der Waals surface area contributed by atoms with Crippen LogP contribution in [0.4, 0.5) is 30.2 Å². The highest BCUT2D eigenvalue weighted by Crippen LogP contribution is 2.53. The van der Waals surface area contributed by atoms with Gasteiger partial charge in [0.1, 0.15) is 15.5 Å². The zero-order valence-corrected chi connectivity index (χ0v) is 42.3. The van der Waals surface area contributed by atoms with Crippen molar-refractivity contribution >= 4 is 67.2 Å². The van der Waals surface area contributed by atoms with Crippen LogP contribution in [0.25, 0.3) is 21.1 Å². The van der Waals surface area contributed by atoms with Crippen molar-refractivity contribution in [1.29, 1.82) is 0 Å². The predicted octanol–water partition coefficient (Wildman–Crippen LogP) is 7.49. The molecule has 2 aliphatic heterocycles. The predicted molar refractivity (Wildman–Crippen MR) is 274 cm³/mol. The Kier molecular flexibility index (Phi) is 12.8. The number of nitrogen functional groups attached to an aromatic ring is 1. The van der Waals surface area contributed by atoms with E-state index < -0.39 is 41.6 Å². The standard InChI is InChI=1S/C55H60F3N7O8S/c1-29-4-12-39-47(59)48(74-51(39)61-29)50(69)62-36-10-7-31-19-37(11-8-30(31)18-36)64-24-32-5-6-33(25-64)46(32)49(68)60-16-17-71-28-53(2,3)45-21-34-20-41(40(56)23-42(34)65(45)26-38(67)27-66)63-52(70)54(14-15-54)35-9-13-43-44(22-35)73-55(57,58)72-43/h4,8-9,11-13,19-23,32-33,36,38,46,66-67H,5-7,10,14-18,24-28,59H2,1-3H3,(H,60,68)(H,62,69)(H,63,70)/t32-,33+,36-,38+,46?/m0/s1. The number of carbonyl (C=O) groups is 3. The van der Waals surface area contributed by atoms with Crippen LogP contribution in [-0.2, 0) is 44.5 Å². The first-order valence-electron chi connectivity index (χ1n) is 25.4. The third-order valence-electron chi connectivity index (χ3n) is 15.9. The summed E-state index contributed by atoms with van der Waals surface area (Å²) in [6, 6.07) is 19.3. The van der Waals surface area contributed by atoms with Crippen LogP contribution in [0.3, 0.4) is 0 Å². The summed E-state index contributed by atoms with van der Waals surface area (Å²) in [5.41, 5.74) is 11.2. The van der Waals surface area contributed by atoms with Gasteiger partial charge in [-0.2, -0.15) is 0 Å². The first-order valence-corrected chi connectivity index (χ1v) is 26.2. The number of alkyl halides is 2. The fourth-order valence-electron chi connectivity index (χ4n) is 11.9. The van der Waals surface area contributed by atoms with Gasteiger partial charge in [-0.05, 0) is 129 Å². The largest absolute Gasteiger partial charge is 0.586 e. The van der Waals surface area contributed by atoms with Crippen LogP contribution in [0.2, 0.25) is 0 Å². The number of aliphatic hydroxyl groups is 2. The molecule has 0 spiro atoms. The van der Waals surface area contributed by atoms with Crippen LogP contribution in [0, 0.1) is 30.5 Å². The summed E-state index contributed by atoms with van der Waals surface area (Å²) in [7, 11) is 0. The van der Waals surface area contributed by atoms with Crippen molar-refractivity contribution in [3.8, 4) is 11.5 Å². The summed E-state index contributed by atoms with van der Waals surface area (Å²) in [6.07, 6.45) is 0.291. The monoisotopic (exact) mass is 1040 g/mol. The lowest BCUT2D eigenvalue weighted by atomic mass is 9.83. The van der Waals surface area contributed by atoms with E-state index in [1.807, 2.05) is 39.0 Å². The first kappa shape index (κ1) is 49.8. The molecule has 7 N–H and O–H groups in total. The van der Waals surface area contributed by atoms with E-state index in [9.17, 15) is 33.4 Å². The third-order valence-corrected chi connectivity index (χ3v) is 17.0. The molecule has 2 bridgehead atoms. The van der Waals surface area contributed by atoms with Gasteiger partial charge >= 0.3 is 6.29 Å². The van der Waals surface area contributed by atoms with Gasteiger partial charge in [0.15, 0.2) is 11.5 Å². The Morgan fingerprint density at radius 2 is 1.76 bits per heavy atom. The van der Waals surface area contributed by atoms with E-state index in [1.54, 1.807) is 4.57 Å². The smallest absolute Gasteiger partial charge is 0.397 e. The maximum Gasteiger partial charge on any atom is 0.586 e. The van der Waals surface area contributed by atoms with Gasteiger partial charge in [0.25, 0.3) is 5.91 Å². The second-order valence-electron chi connectivity index (χ2n) is 21.5. The van der Waals surface area contributed by atoms with Gasteiger partial charge in [-0.1, -0.05) is 26.0 Å². The molecule has 3 fully saturated rings. The number of hydrogen-bond acceptors (Lipinski definition) is 12. The number of carbonyl (C=O) groups excluding carboxylic acids is 3. The van der Waals surface area contributed by atoms with Gasteiger partial charge < -0.3 is 55.6 Å². The average Bonchev–Trinajstić information content (AvgIpc) is 3.77. The Morgan fingerprint density at radius 1 is 0.986 bits per heavy atom. The van der Waals surface area contributed by atoms with Gasteiger partial charge in [0.05, 0.1) is 54.8 Å². The number of pyridine rings is 1. The van der Waals surface area contributed by atoms with Crippen LogP contribution in [-0.4, -0.2) is 95.4 Å². The van der Waals surface area contributed by atoms with E-state index in [2.05, 4.69) is 53.5 Å². The van der Waals surface area contributed by atoms with Gasteiger partial charge in [0, 0.05) is 70.9 Å². The lowest BCUT2D eigenvalue weighted by Crippen LogP contribution is -2.48. The minimum atomic E-state index is -3.81. The third kappa shape index (κ3) is 9.40. The molecule has 3 aromatic heterocycles. The van der Waals surface area contributed by atoms with E-state index in [1.165, 1.54) is 58.5 Å². The van der Waals surface area contributed by atoms with E-state index >= 15 is 4.39 Å². The Labute approximate surface area is 429 Å². The quantitative estimate of drug-likeness (QED) is 0.0525. The number of piperidine rings is 1. The topological polar surface area (TPSA) is 203 Å². The molecule has 19 heteroatoms. The number of anilines is 3. The number of aliphatic hydroxyl groups excluding tert-OH is 2. The summed E-state index contributed by atoms with van der Waals surface area (Å²) in [5, 5.41) is 30.9. The van der Waals surface area contributed by atoms with E-state index in [-0.39, 0.29) is 72.6 Å². The fraction of sp³-hybridized carbons (Fsp3) is 0.455. The van der Waals surface area contributed by atoms with Crippen LogP contribution >= 0.6 is 11.3 Å². The molecule has 3 aliphatic carbocycles. The summed E-state index contributed by atoms with van der Waals surface area (Å²) in [5.74, 6) is -1.28. The Hall–Kier alpha value is -6.41. The number of nitrogens with one attached hydrogen (secondary N) is 3. The second kappa shape index (κ2) is 19.1. The number of aryl methyl sites for hydroxylation is 2. The molecule has 1 unspecified atom stereocenters. The number of fused-ring (bicyclic) bond motifs is 6. The number of benzene rings is 3. The number of halogens is 3. The van der Waals surface area contributed by atoms with Crippen molar-refractivity contribution < 1.29 is 52.0 Å². The zero-order valence-electron chi connectivity index (χ0n) is 41.4. The Bertz CT molecular complexity index is 3200. The molecule has 5 atom stereocenters. The van der Waals surface area contributed by atoms with Crippen molar-refractivity contribution in [3.63, 3.8) is 0 Å². The van der Waals surface area contributed by atoms with Crippen molar-refractivity contribution in [3.05, 3.63) is 106 Å². The van der Waals surface area contributed by atoms with Gasteiger partial charge in [0.2, 0.25) is 11.8 Å². The molecule has 2 saturated carbocycles. The molecule has 11 rings (SSSR count). The first-order chi connectivity index (χ1) is 35.4. The van der Waals surface area contributed by atoms with Crippen LogP contribution in [0.15, 0.2) is 66.7 Å². The van der Waals surface area contributed by atoms with Gasteiger partial charge in [-0.3, -0.25) is 14.4 Å². The SMILES string of the molecule is Cc1ccc2c(N)c(C(=O)N[C@H]3CCc4cc(N5C[C@H]6CC[C@@H](C5)C6C(=O)NCCOCC(C)(C)c5cc6cc(NC(=O)C7(c8ccc9c(c8)OC(F)(F)O9)CC7)c(F)cc6n5C[C@@H](O)CO)ccc4C3)sc2n1. The Morgan fingerprint density at radius 3 is 2.51 bits per heavy atom. The fourth-order valence-corrected chi connectivity index (χ4v) is 12.9. The lowest BCUT2D eigenvalue weighted by molar-refractivity contribution is -0.286. The molecule has 390 valence electrons. The average molecular weight is 1040 g/mol. The minimum absolute atomic E-state index is 0.00236. The molecule has 3 aromatic carbocycles. The number of thiophene rings is 1. The number of amides is 3. The number of aromatic nitrogens is 2. The van der Waals surface area contributed by atoms with Crippen molar-refractivity contribution in [2.75, 3.05) is 55.4 Å². The Balaban J connectivity index is 0.679. The van der Waals surface area contributed by atoms with Crippen LogP contribution in [0.5, 0.6) is 11.5 Å². The summed E-state index contributed by atoms with van der Waals surface area (Å²) in [4.78, 5) is 49.1. The number of hydrogen-bond donors (Lipinski definition) is 6. The maximum absolute atomic E-state index is 15.9. The van der Waals surface area contributed by atoms with Gasteiger partial charge in [-0.15, -0.1) is 20.1 Å². The number of rotatable bonds is 16. The summed E-state index contributed by atoms with van der Waals surface area (Å²) in [6.45, 7) is 7.64. The summed E-state index contributed by atoms with van der Waals surface area (Å²) < 4.78 is 60.4. The number of nitrogens with two attached hydrogens (primary N) is 1. The number of ether oxygens (including phenoxy) is 3. The van der Waals surface area contributed by atoms with Crippen LogP contribution < -0.4 is 36.1 Å². The molecule has 5 aliphatic rings. The molecular formula is C55H60F3N7O8S. The highest BCUT2D eigenvalue weighted by molar-refractivity contribution is 7.21. The highest BCUT2D eigenvalue weighted by atomic mass is 32.1. The maximum atomic E-state index is 15.9. The van der Waals surface area contributed by atoms with Crippen molar-refractivity contribution in [2.45, 2.75) is 102 Å². The molecule has 74 heavy (non-hydrogen) atoms.